The number of pyridine rings is 1. The van der Waals surface area contributed by atoms with Gasteiger partial charge in [-0.3, -0.25) is 0 Å². The van der Waals surface area contributed by atoms with Crippen LogP contribution in [-0.4, -0.2) is 26.3 Å². The zero-order chi connectivity index (χ0) is 12.8. The van der Waals surface area contributed by atoms with Gasteiger partial charge in [-0.25, -0.2) is 14.6 Å². The summed E-state index contributed by atoms with van der Waals surface area (Å²) in [5, 5.41) is 8.21. The summed E-state index contributed by atoms with van der Waals surface area (Å²) in [7, 11) is 1.89. The molecule has 0 aromatic carbocycles. The van der Waals surface area contributed by atoms with Crippen molar-refractivity contribution in [1.29, 1.82) is 0 Å². The van der Waals surface area contributed by atoms with Crippen LogP contribution in [0.5, 0.6) is 0 Å². The van der Waals surface area contributed by atoms with Gasteiger partial charge in [0.25, 0.3) is 0 Å². The molecule has 2 aromatic heterocycles. The van der Waals surface area contributed by atoms with Gasteiger partial charge in [0.15, 0.2) is 5.16 Å². The summed E-state index contributed by atoms with van der Waals surface area (Å²) in [6.07, 6.45) is 4.57. The molecule has 18 heavy (non-hydrogen) atoms. The maximum atomic E-state index is 4.37. The van der Waals surface area contributed by atoms with Gasteiger partial charge < -0.3 is 5.32 Å². The molecular formula is C12H17N5S. The van der Waals surface area contributed by atoms with Crippen molar-refractivity contribution < 1.29 is 0 Å². The molecule has 2 rings (SSSR count). The molecule has 0 atom stereocenters. The van der Waals surface area contributed by atoms with Gasteiger partial charge in [0.2, 0.25) is 0 Å². The van der Waals surface area contributed by atoms with Crippen LogP contribution in [0.3, 0.4) is 0 Å². The maximum Gasteiger partial charge on any atom is 0.186 e. The van der Waals surface area contributed by atoms with Crippen LogP contribution in [0.15, 0.2) is 29.8 Å². The van der Waals surface area contributed by atoms with Gasteiger partial charge in [-0.15, -0.1) is 0 Å². The molecule has 0 aliphatic carbocycles. The monoisotopic (exact) mass is 263 g/mol. The molecule has 2 aromatic rings. The highest BCUT2D eigenvalue weighted by Crippen LogP contribution is 2.19. The Hall–Kier alpha value is -1.56. The van der Waals surface area contributed by atoms with Crippen LogP contribution in [-0.2, 0) is 12.8 Å². The number of hydrogen-bond donors (Lipinski definition) is 1. The molecule has 1 N–H and O–H groups in total. The van der Waals surface area contributed by atoms with Gasteiger partial charge in [-0.2, -0.15) is 5.10 Å². The topological polar surface area (TPSA) is 55.6 Å². The highest BCUT2D eigenvalue weighted by Gasteiger charge is 2.02. The number of aromatic nitrogens is 4. The number of hydrogen-bond acceptors (Lipinski definition) is 5. The number of nitrogens with one attached hydrogen (secondary N) is 1. The lowest BCUT2D eigenvalue weighted by Crippen LogP contribution is -2.01. The smallest absolute Gasteiger partial charge is 0.186 e. The molecule has 0 bridgehead atoms. The third kappa shape index (κ3) is 3.46. The third-order valence-corrected chi connectivity index (χ3v) is 3.52. The van der Waals surface area contributed by atoms with E-state index in [1.807, 2.05) is 19.3 Å². The minimum atomic E-state index is 0.855. The molecule has 0 aliphatic rings. The van der Waals surface area contributed by atoms with Crippen LogP contribution >= 0.6 is 11.8 Å². The number of nitrogens with zero attached hydrogens (tertiary/aromatic N) is 4. The Balaban J connectivity index is 1.88. The minimum absolute atomic E-state index is 0.855. The Morgan fingerprint density at radius 3 is 2.83 bits per heavy atom. The highest BCUT2D eigenvalue weighted by molar-refractivity contribution is 7.98. The molecule has 0 unspecified atom stereocenters. The Morgan fingerprint density at radius 2 is 2.22 bits per heavy atom. The van der Waals surface area contributed by atoms with Crippen molar-refractivity contribution in [2.45, 2.75) is 24.3 Å². The Labute approximate surface area is 111 Å². The van der Waals surface area contributed by atoms with Gasteiger partial charge in [-0.1, -0.05) is 24.8 Å². The van der Waals surface area contributed by atoms with Crippen molar-refractivity contribution in [2.75, 3.05) is 11.9 Å². The lowest BCUT2D eigenvalue weighted by Gasteiger charge is -2.05. The molecule has 0 saturated heterocycles. The standard InChI is InChI=1S/C12H17N5S/c1-3-6-13-11-5-4-10(7-14-11)8-18-12-15-9-16-17(12)2/h4-5,7,9H,3,6,8H2,1-2H3,(H,13,14). The Kier molecular flexibility index (Phi) is 4.58. The van der Waals surface area contributed by atoms with E-state index in [0.29, 0.717) is 0 Å². The summed E-state index contributed by atoms with van der Waals surface area (Å²) >= 11 is 1.66. The molecule has 0 radical (unpaired) electrons. The SMILES string of the molecule is CCCNc1ccc(CSc2ncnn2C)cn1. The van der Waals surface area contributed by atoms with Crippen LogP contribution in [0.25, 0.3) is 0 Å². The zero-order valence-corrected chi connectivity index (χ0v) is 11.4. The van der Waals surface area contributed by atoms with Crippen LogP contribution in [0.4, 0.5) is 5.82 Å². The lowest BCUT2D eigenvalue weighted by molar-refractivity contribution is 0.685. The molecule has 96 valence electrons. The first-order valence-corrected chi connectivity index (χ1v) is 6.93. The fraction of sp³-hybridized carbons (Fsp3) is 0.417. The normalized spacial score (nSPS) is 10.6. The van der Waals surface area contributed by atoms with Gasteiger partial charge in [0.05, 0.1) is 0 Å². The van der Waals surface area contributed by atoms with E-state index in [0.717, 1.165) is 29.7 Å². The van der Waals surface area contributed by atoms with Crippen LogP contribution < -0.4 is 5.32 Å². The quantitative estimate of drug-likeness (QED) is 0.811. The summed E-state index contributed by atoms with van der Waals surface area (Å²) in [6.45, 7) is 3.10. The lowest BCUT2D eigenvalue weighted by atomic mass is 10.3. The zero-order valence-electron chi connectivity index (χ0n) is 10.6. The molecule has 0 fully saturated rings. The van der Waals surface area contributed by atoms with Crippen molar-refractivity contribution in [1.82, 2.24) is 19.7 Å². The van der Waals surface area contributed by atoms with Crippen LogP contribution in [0, 0.1) is 0 Å². The van der Waals surface area contributed by atoms with Gasteiger partial charge in [0, 0.05) is 25.5 Å². The van der Waals surface area contributed by atoms with E-state index in [1.165, 1.54) is 5.56 Å². The van der Waals surface area contributed by atoms with E-state index >= 15 is 0 Å². The molecule has 0 spiro atoms. The summed E-state index contributed by atoms with van der Waals surface area (Å²) in [5.41, 5.74) is 1.19. The van der Waals surface area contributed by atoms with Crippen molar-refractivity contribution in [3.05, 3.63) is 30.2 Å². The second-order valence-electron chi connectivity index (χ2n) is 3.93. The van der Waals surface area contributed by atoms with Crippen LogP contribution in [0.1, 0.15) is 18.9 Å². The van der Waals surface area contributed by atoms with Crippen molar-refractivity contribution in [3.8, 4) is 0 Å². The third-order valence-electron chi connectivity index (χ3n) is 2.42. The Bertz CT molecular complexity index is 479. The summed E-state index contributed by atoms with van der Waals surface area (Å²) < 4.78 is 1.77. The molecule has 0 aliphatic heterocycles. The van der Waals surface area contributed by atoms with E-state index in [4.69, 9.17) is 0 Å². The summed E-state index contributed by atoms with van der Waals surface area (Å²) in [6, 6.07) is 4.11. The molecule has 5 nitrogen and oxygen atoms in total. The molecule has 2 heterocycles. The molecule has 6 heteroatoms. The molecule has 0 saturated carbocycles. The summed E-state index contributed by atoms with van der Waals surface area (Å²) in [4.78, 5) is 8.54. The Morgan fingerprint density at radius 1 is 1.33 bits per heavy atom. The van der Waals surface area contributed by atoms with E-state index in [2.05, 4.69) is 33.4 Å². The highest BCUT2D eigenvalue weighted by atomic mass is 32.2. The second-order valence-corrected chi connectivity index (χ2v) is 4.88. The maximum absolute atomic E-state index is 4.37. The van der Waals surface area contributed by atoms with Gasteiger partial charge in [0.1, 0.15) is 12.1 Å². The number of thioether (sulfide) groups is 1. The predicted molar refractivity (Wildman–Crippen MR) is 73.6 cm³/mol. The summed E-state index contributed by atoms with van der Waals surface area (Å²) in [5.74, 6) is 1.79. The predicted octanol–water partition coefficient (Wildman–Crippen LogP) is 2.32. The molecular weight excluding hydrogens is 246 g/mol. The molecule has 0 amide bonds. The number of rotatable bonds is 6. The largest absolute Gasteiger partial charge is 0.370 e. The minimum Gasteiger partial charge on any atom is -0.370 e. The van der Waals surface area contributed by atoms with Crippen molar-refractivity contribution in [3.63, 3.8) is 0 Å². The van der Waals surface area contributed by atoms with Crippen molar-refractivity contribution in [2.24, 2.45) is 7.05 Å². The van der Waals surface area contributed by atoms with Crippen LogP contribution in [0.2, 0.25) is 0 Å². The first-order valence-electron chi connectivity index (χ1n) is 5.95. The number of aryl methyl sites for hydroxylation is 1. The fourth-order valence-corrected chi connectivity index (χ4v) is 2.25. The van der Waals surface area contributed by atoms with E-state index in [1.54, 1.807) is 22.8 Å². The van der Waals surface area contributed by atoms with E-state index in [9.17, 15) is 0 Å². The average molecular weight is 263 g/mol. The van der Waals surface area contributed by atoms with Crippen molar-refractivity contribution >= 4 is 17.6 Å². The van der Waals surface area contributed by atoms with E-state index < -0.39 is 0 Å². The number of anilines is 1. The first kappa shape index (κ1) is 12.9. The fourth-order valence-electron chi connectivity index (χ4n) is 1.43. The van der Waals surface area contributed by atoms with E-state index in [-0.39, 0.29) is 0 Å². The van der Waals surface area contributed by atoms with Gasteiger partial charge >= 0.3 is 0 Å². The average Bonchev–Trinajstić information content (AvgIpc) is 2.81. The first-order chi connectivity index (χ1) is 8.79. The van der Waals surface area contributed by atoms with Gasteiger partial charge in [-0.05, 0) is 18.1 Å². The second kappa shape index (κ2) is 6.39.